The lowest BCUT2D eigenvalue weighted by molar-refractivity contribution is -0.127. The van der Waals surface area contributed by atoms with E-state index in [9.17, 15) is 14.4 Å². The van der Waals surface area contributed by atoms with Gasteiger partial charge >= 0.3 is 0 Å². The molecular weight excluding hydrogens is 282 g/mol. The molecule has 0 bridgehead atoms. The highest BCUT2D eigenvalue weighted by molar-refractivity contribution is 5.86. The monoisotopic (exact) mass is 309 g/mol. The lowest BCUT2D eigenvalue weighted by atomic mass is 10.1. The second-order valence-corrected chi connectivity index (χ2v) is 5.98. The number of nitrogens with one attached hydrogen (secondary N) is 1. The normalized spacial score (nSPS) is 21.5. The minimum atomic E-state index is -0.607. The van der Waals surface area contributed by atoms with Gasteiger partial charge in [-0.1, -0.05) is 25.0 Å². The summed E-state index contributed by atoms with van der Waals surface area (Å²) in [5, 5.41) is 2.56. The summed E-state index contributed by atoms with van der Waals surface area (Å²) in [7, 11) is 0. The third kappa shape index (κ3) is 7.24. The van der Waals surface area contributed by atoms with Gasteiger partial charge in [0, 0.05) is 12.3 Å². The van der Waals surface area contributed by atoms with Crippen molar-refractivity contribution >= 4 is 17.7 Å². The molecule has 3 amide bonds. The molecule has 22 heavy (non-hydrogen) atoms. The van der Waals surface area contributed by atoms with Gasteiger partial charge in [0.1, 0.15) is 6.04 Å². The van der Waals surface area contributed by atoms with Crippen molar-refractivity contribution in [2.75, 3.05) is 0 Å². The summed E-state index contributed by atoms with van der Waals surface area (Å²) in [5.74, 6) is -0.434. The molecule has 1 saturated carbocycles. The quantitative estimate of drug-likeness (QED) is 0.390. The number of allylic oxidation sites excluding steroid dienone is 2. The molecule has 0 unspecified atom stereocenters. The molecule has 0 saturated heterocycles. The number of carbonyl (C=O) groups is 3. The fourth-order valence-corrected chi connectivity index (χ4v) is 2.31. The number of nitrogens with two attached hydrogens (primary N) is 2. The first kappa shape index (κ1) is 18.2. The average molecular weight is 309 g/mol. The molecular formula is C16H27N3O3. The minimum Gasteiger partial charge on any atom is -0.369 e. The van der Waals surface area contributed by atoms with E-state index in [1.165, 1.54) is 0 Å². The van der Waals surface area contributed by atoms with Gasteiger partial charge < -0.3 is 16.8 Å². The Labute approximate surface area is 131 Å². The third-order valence-corrected chi connectivity index (χ3v) is 3.92. The lowest BCUT2D eigenvalue weighted by Crippen LogP contribution is -2.42. The van der Waals surface area contributed by atoms with E-state index in [1.807, 2.05) is 0 Å². The van der Waals surface area contributed by atoms with Gasteiger partial charge in [0.25, 0.3) is 0 Å². The molecule has 5 N–H and O–H groups in total. The van der Waals surface area contributed by atoms with Crippen LogP contribution in [-0.4, -0.2) is 23.8 Å². The Bertz CT molecular complexity index is 434. The fraction of sp³-hybridized carbons (Fsp3) is 0.688. The summed E-state index contributed by atoms with van der Waals surface area (Å²) in [5.41, 5.74) is 10.3. The number of unbranched alkanes of at least 4 members (excludes halogenated alkanes) is 4. The van der Waals surface area contributed by atoms with Crippen molar-refractivity contribution in [1.29, 1.82) is 0 Å². The highest BCUT2D eigenvalue weighted by Crippen LogP contribution is 2.39. The van der Waals surface area contributed by atoms with E-state index in [2.05, 4.69) is 17.5 Å². The number of hydrogen-bond donors (Lipinski definition) is 3. The van der Waals surface area contributed by atoms with Crippen LogP contribution in [0.25, 0.3) is 0 Å². The van der Waals surface area contributed by atoms with Gasteiger partial charge in [-0.25, -0.2) is 0 Å². The predicted molar refractivity (Wildman–Crippen MR) is 84.4 cm³/mol. The van der Waals surface area contributed by atoms with Crippen LogP contribution in [0, 0.1) is 11.8 Å². The van der Waals surface area contributed by atoms with E-state index in [4.69, 9.17) is 11.5 Å². The van der Waals surface area contributed by atoms with E-state index in [0.717, 1.165) is 38.5 Å². The van der Waals surface area contributed by atoms with Crippen molar-refractivity contribution in [2.24, 2.45) is 23.3 Å². The number of hydrogen-bond acceptors (Lipinski definition) is 3. The second-order valence-electron chi connectivity index (χ2n) is 5.98. The molecule has 6 heteroatoms. The molecule has 1 fully saturated rings. The van der Waals surface area contributed by atoms with Crippen LogP contribution in [-0.2, 0) is 14.4 Å². The molecule has 6 nitrogen and oxygen atoms in total. The first-order chi connectivity index (χ1) is 10.4. The van der Waals surface area contributed by atoms with Crippen LogP contribution in [0.5, 0.6) is 0 Å². The molecule has 0 heterocycles. The van der Waals surface area contributed by atoms with Crippen molar-refractivity contribution in [3.63, 3.8) is 0 Å². The summed E-state index contributed by atoms with van der Waals surface area (Å²) >= 11 is 0. The summed E-state index contributed by atoms with van der Waals surface area (Å²) in [6.07, 6.45) is 10.5. The van der Waals surface area contributed by atoms with E-state index in [-0.39, 0.29) is 17.7 Å². The molecule has 1 rings (SSSR count). The van der Waals surface area contributed by atoms with Crippen LogP contribution in [0.2, 0.25) is 0 Å². The Kier molecular flexibility index (Phi) is 7.63. The van der Waals surface area contributed by atoms with Crippen LogP contribution in [0.4, 0.5) is 0 Å². The van der Waals surface area contributed by atoms with Crippen LogP contribution in [0.3, 0.4) is 0 Å². The van der Waals surface area contributed by atoms with Gasteiger partial charge in [0.15, 0.2) is 0 Å². The van der Waals surface area contributed by atoms with E-state index in [1.54, 1.807) is 6.92 Å². The summed E-state index contributed by atoms with van der Waals surface area (Å²) in [4.78, 5) is 33.2. The molecule has 1 aliphatic rings. The van der Waals surface area contributed by atoms with E-state index < -0.39 is 11.9 Å². The summed E-state index contributed by atoms with van der Waals surface area (Å²) < 4.78 is 0. The number of carbonyl (C=O) groups excluding carboxylic acids is 3. The van der Waals surface area contributed by atoms with Crippen LogP contribution < -0.4 is 16.8 Å². The van der Waals surface area contributed by atoms with Crippen LogP contribution in [0.15, 0.2) is 12.2 Å². The van der Waals surface area contributed by atoms with Crippen LogP contribution >= 0.6 is 0 Å². The Morgan fingerprint density at radius 1 is 1.18 bits per heavy atom. The van der Waals surface area contributed by atoms with Gasteiger partial charge in [-0.15, -0.1) is 0 Å². The standard InChI is InChI=1S/C16H27N3O3/c1-11(15(17)21)19-14(20)9-7-5-3-2-4-6-8-12-10-13(12)16(18)22/h6,8,11-13H,2-5,7,9-10H2,1H3,(H2,17,21)(H2,18,22)(H,19,20)/b8-6-/t11-,12+,13-/m0/s1. The van der Waals surface area contributed by atoms with Crippen molar-refractivity contribution in [3.05, 3.63) is 12.2 Å². The Hall–Kier alpha value is -1.85. The first-order valence-electron chi connectivity index (χ1n) is 7.96. The average Bonchev–Trinajstić information content (AvgIpc) is 3.21. The van der Waals surface area contributed by atoms with Gasteiger partial charge in [-0.3, -0.25) is 14.4 Å². The summed E-state index contributed by atoms with van der Waals surface area (Å²) in [6.45, 7) is 1.58. The van der Waals surface area contributed by atoms with E-state index >= 15 is 0 Å². The molecule has 0 aliphatic heterocycles. The SMILES string of the molecule is C[C@H](NC(=O)CCCCCC/C=C\[C@@H]1C[C@@H]1C(N)=O)C(N)=O. The molecule has 0 aromatic rings. The largest absolute Gasteiger partial charge is 0.369 e. The predicted octanol–water partition coefficient (Wildman–Crippen LogP) is 0.995. The zero-order chi connectivity index (χ0) is 16.5. The van der Waals surface area contributed by atoms with Crippen molar-refractivity contribution in [1.82, 2.24) is 5.32 Å². The number of amides is 3. The van der Waals surface area contributed by atoms with Crippen molar-refractivity contribution in [2.45, 2.75) is 57.9 Å². The van der Waals surface area contributed by atoms with Gasteiger partial charge in [-0.2, -0.15) is 0 Å². The Balaban J connectivity index is 1.94. The molecule has 124 valence electrons. The third-order valence-electron chi connectivity index (χ3n) is 3.92. The molecule has 0 radical (unpaired) electrons. The molecule has 0 aromatic carbocycles. The smallest absolute Gasteiger partial charge is 0.239 e. The van der Waals surface area contributed by atoms with Gasteiger partial charge in [0.2, 0.25) is 17.7 Å². The second kappa shape index (κ2) is 9.23. The maximum atomic E-state index is 11.5. The Morgan fingerprint density at radius 3 is 2.45 bits per heavy atom. The highest BCUT2D eigenvalue weighted by Gasteiger charge is 2.39. The maximum absolute atomic E-state index is 11.5. The number of primary amides is 2. The zero-order valence-electron chi connectivity index (χ0n) is 13.2. The fourth-order valence-electron chi connectivity index (χ4n) is 2.31. The van der Waals surface area contributed by atoms with Crippen molar-refractivity contribution in [3.8, 4) is 0 Å². The van der Waals surface area contributed by atoms with Crippen molar-refractivity contribution < 1.29 is 14.4 Å². The topological polar surface area (TPSA) is 115 Å². The Morgan fingerprint density at radius 2 is 1.86 bits per heavy atom. The summed E-state index contributed by atoms with van der Waals surface area (Å²) in [6, 6.07) is -0.607. The highest BCUT2D eigenvalue weighted by atomic mass is 16.2. The van der Waals surface area contributed by atoms with Gasteiger partial charge in [-0.05, 0) is 38.5 Å². The van der Waals surface area contributed by atoms with Gasteiger partial charge in [0.05, 0.1) is 0 Å². The molecule has 0 spiro atoms. The lowest BCUT2D eigenvalue weighted by Gasteiger charge is -2.09. The molecule has 1 aliphatic carbocycles. The maximum Gasteiger partial charge on any atom is 0.239 e. The molecule has 0 aromatic heterocycles. The molecule has 3 atom stereocenters. The zero-order valence-corrected chi connectivity index (χ0v) is 13.2. The first-order valence-corrected chi connectivity index (χ1v) is 7.96. The number of rotatable bonds is 11. The minimum absolute atomic E-state index is 0.0533. The van der Waals surface area contributed by atoms with E-state index in [0.29, 0.717) is 12.3 Å². The van der Waals surface area contributed by atoms with Crippen LogP contribution in [0.1, 0.15) is 51.9 Å².